The fourth-order valence-corrected chi connectivity index (χ4v) is 3.29. The molecular formula is C27H36N6. The Hall–Kier alpha value is -3.51. The molecule has 6 heteroatoms. The molecule has 2 rings (SSSR count). The van der Waals surface area contributed by atoms with Crippen LogP contribution in [0.4, 0.5) is 5.82 Å². The Balaban J connectivity index is 2.54. The van der Waals surface area contributed by atoms with Crippen LogP contribution >= 0.6 is 0 Å². The van der Waals surface area contributed by atoms with Crippen molar-refractivity contribution in [2.45, 2.75) is 19.8 Å². The molecule has 0 saturated heterocycles. The summed E-state index contributed by atoms with van der Waals surface area (Å²) in [5.41, 5.74) is 11.4. The summed E-state index contributed by atoms with van der Waals surface area (Å²) in [6.07, 6.45) is 11.5. The van der Waals surface area contributed by atoms with Crippen molar-refractivity contribution < 1.29 is 0 Å². The second-order valence-corrected chi connectivity index (χ2v) is 8.04. The fourth-order valence-electron chi connectivity index (χ4n) is 3.29. The van der Waals surface area contributed by atoms with Gasteiger partial charge >= 0.3 is 0 Å². The zero-order valence-corrected chi connectivity index (χ0v) is 20.3. The third kappa shape index (κ3) is 7.84. The van der Waals surface area contributed by atoms with Gasteiger partial charge in [0.1, 0.15) is 5.82 Å². The molecule has 2 aromatic rings. The third-order valence-electron chi connectivity index (χ3n) is 4.76. The SMILES string of the molecule is C=C/C(=C\N(C)C)c1cccc(-c2ncc(C(/C=N\C)=C/C(=C)C)c(NCCCCN)n2)c1. The summed E-state index contributed by atoms with van der Waals surface area (Å²) in [7, 11) is 5.74. The van der Waals surface area contributed by atoms with E-state index in [1.807, 2.05) is 62.6 Å². The van der Waals surface area contributed by atoms with Gasteiger partial charge in [0.05, 0.1) is 0 Å². The predicted molar refractivity (Wildman–Crippen MR) is 143 cm³/mol. The van der Waals surface area contributed by atoms with Gasteiger partial charge in [-0.1, -0.05) is 49.1 Å². The third-order valence-corrected chi connectivity index (χ3v) is 4.76. The molecule has 1 aromatic heterocycles. The van der Waals surface area contributed by atoms with Crippen LogP contribution < -0.4 is 11.1 Å². The molecule has 0 aliphatic carbocycles. The standard InChI is InChI=1S/C27H36N6/c1-7-21(19-33(5)6)22-11-10-12-23(16-22)26-31-18-25(24(17-29-4)15-20(2)3)27(32-26)30-14-9-8-13-28/h7,10-12,15-19H,1-2,8-9,13-14,28H2,3-6H3,(H,30,31,32)/b21-19+,24-15+,29-17-. The molecule has 0 aliphatic heterocycles. The van der Waals surface area contributed by atoms with Gasteiger partial charge in [0.15, 0.2) is 5.82 Å². The van der Waals surface area contributed by atoms with E-state index in [1.54, 1.807) is 13.3 Å². The van der Waals surface area contributed by atoms with Crippen LogP contribution in [0.3, 0.4) is 0 Å². The van der Waals surface area contributed by atoms with E-state index in [2.05, 4.69) is 35.6 Å². The number of nitrogens with two attached hydrogens (primary N) is 1. The summed E-state index contributed by atoms with van der Waals surface area (Å²) in [5, 5.41) is 3.47. The largest absolute Gasteiger partial charge is 0.383 e. The molecule has 0 unspecified atom stereocenters. The van der Waals surface area contributed by atoms with Gasteiger partial charge in [0.2, 0.25) is 0 Å². The molecule has 0 spiro atoms. The normalized spacial score (nSPS) is 12.2. The zero-order chi connectivity index (χ0) is 24.2. The van der Waals surface area contributed by atoms with E-state index in [9.17, 15) is 0 Å². The first-order chi connectivity index (χ1) is 15.9. The number of nitrogens with zero attached hydrogens (tertiary/aromatic N) is 4. The average Bonchev–Trinajstić information content (AvgIpc) is 2.79. The number of nitrogens with one attached hydrogen (secondary N) is 1. The summed E-state index contributed by atoms with van der Waals surface area (Å²) in [4.78, 5) is 15.8. The van der Waals surface area contributed by atoms with Crippen LogP contribution in [-0.2, 0) is 0 Å². The fraction of sp³-hybridized carbons (Fsp3) is 0.296. The lowest BCUT2D eigenvalue weighted by molar-refractivity contribution is 0.566. The highest BCUT2D eigenvalue weighted by molar-refractivity contribution is 6.12. The number of rotatable bonds is 12. The lowest BCUT2D eigenvalue weighted by atomic mass is 10.0. The van der Waals surface area contributed by atoms with Crippen molar-refractivity contribution in [3.63, 3.8) is 0 Å². The lowest BCUT2D eigenvalue weighted by Gasteiger charge is -2.14. The van der Waals surface area contributed by atoms with Gasteiger partial charge in [-0.3, -0.25) is 4.99 Å². The number of allylic oxidation sites excluding steroid dienone is 5. The number of aliphatic imine (C=N–C) groups is 1. The van der Waals surface area contributed by atoms with E-state index >= 15 is 0 Å². The van der Waals surface area contributed by atoms with E-state index in [0.717, 1.165) is 58.6 Å². The number of hydrogen-bond donors (Lipinski definition) is 2. The van der Waals surface area contributed by atoms with Crippen LogP contribution in [0, 0.1) is 0 Å². The summed E-state index contributed by atoms with van der Waals surface area (Å²) >= 11 is 0. The van der Waals surface area contributed by atoms with Crippen molar-refractivity contribution in [3.05, 3.63) is 78.7 Å². The quantitative estimate of drug-likeness (QED) is 0.272. The number of benzene rings is 1. The molecule has 0 fully saturated rings. The summed E-state index contributed by atoms with van der Waals surface area (Å²) in [6, 6.07) is 8.18. The first kappa shape index (κ1) is 25.7. The second kappa shape index (κ2) is 13.1. The molecule has 1 aromatic carbocycles. The minimum Gasteiger partial charge on any atom is -0.383 e. The van der Waals surface area contributed by atoms with Gasteiger partial charge < -0.3 is 16.0 Å². The second-order valence-electron chi connectivity index (χ2n) is 8.04. The Kier molecular flexibility index (Phi) is 10.2. The molecule has 0 atom stereocenters. The molecule has 0 radical (unpaired) electrons. The number of aromatic nitrogens is 2. The maximum absolute atomic E-state index is 5.66. The van der Waals surface area contributed by atoms with Crippen molar-refractivity contribution in [1.29, 1.82) is 0 Å². The number of anilines is 1. The van der Waals surface area contributed by atoms with Gasteiger partial charge in [0.25, 0.3) is 0 Å². The first-order valence-corrected chi connectivity index (χ1v) is 11.1. The van der Waals surface area contributed by atoms with Crippen LogP contribution in [0.1, 0.15) is 30.9 Å². The van der Waals surface area contributed by atoms with Crippen LogP contribution in [0.5, 0.6) is 0 Å². The highest BCUT2D eigenvalue weighted by Crippen LogP contribution is 2.27. The number of unbranched alkanes of at least 4 members (excludes halogenated alkanes) is 1. The molecule has 1 heterocycles. The van der Waals surface area contributed by atoms with Gasteiger partial charge in [-0.15, -0.1) is 0 Å². The maximum Gasteiger partial charge on any atom is 0.161 e. The Bertz CT molecular complexity index is 1050. The minimum atomic E-state index is 0.651. The first-order valence-electron chi connectivity index (χ1n) is 11.1. The van der Waals surface area contributed by atoms with Crippen LogP contribution in [0.15, 0.2) is 72.5 Å². The van der Waals surface area contributed by atoms with Crippen LogP contribution in [-0.4, -0.2) is 55.3 Å². The summed E-state index contributed by atoms with van der Waals surface area (Å²) in [5.74, 6) is 1.42. The monoisotopic (exact) mass is 444 g/mol. The van der Waals surface area contributed by atoms with Crippen LogP contribution in [0.25, 0.3) is 22.5 Å². The minimum absolute atomic E-state index is 0.651. The smallest absolute Gasteiger partial charge is 0.161 e. The van der Waals surface area contributed by atoms with E-state index < -0.39 is 0 Å². The Labute approximate surface area is 198 Å². The van der Waals surface area contributed by atoms with E-state index in [-0.39, 0.29) is 0 Å². The molecule has 0 amide bonds. The topological polar surface area (TPSA) is 79.4 Å². The Morgan fingerprint density at radius 1 is 1.24 bits per heavy atom. The van der Waals surface area contributed by atoms with Gasteiger partial charge in [-0.05, 0) is 43.5 Å². The van der Waals surface area contributed by atoms with Crippen molar-refractivity contribution >= 4 is 23.2 Å². The molecule has 0 aliphatic rings. The van der Waals surface area contributed by atoms with Crippen molar-refractivity contribution in [1.82, 2.24) is 14.9 Å². The van der Waals surface area contributed by atoms with E-state index in [1.165, 1.54) is 0 Å². The summed E-state index contributed by atoms with van der Waals surface area (Å²) in [6.45, 7) is 11.4. The van der Waals surface area contributed by atoms with Crippen molar-refractivity contribution in [2.75, 3.05) is 39.5 Å². The maximum atomic E-state index is 5.66. The molecule has 0 saturated carbocycles. The Morgan fingerprint density at radius 3 is 2.67 bits per heavy atom. The van der Waals surface area contributed by atoms with Crippen molar-refractivity contribution in [3.8, 4) is 11.4 Å². The van der Waals surface area contributed by atoms with Gasteiger partial charge in [-0.2, -0.15) is 0 Å². The van der Waals surface area contributed by atoms with Crippen LogP contribution in [0.2, 0.25) is 0 Å². The average molecular weight is 445 g/mol. The predicted octanol–water partition coefficient (Wildman–Crippen LogP) is 5.04. The Morgan fingerprint density at radius 2 is 2.03 bits per heavy atom. The van der Waals surface area contributed by atoms with Crippen molar-refractivity contribution in [2.24, 2.45) is 10.7 Å². The number of hydrogen-bond acceptors (Lipinski definition) is 6. The highest BCUT2D eigenvalue weighted by Gasteiger charge is 2.13. The molecular weight excluding hydrogens is 408 g/mol. The summed E-state index contributed by atoms with van der Waals surface area (Å²) < 4.78 is 0. The van der Waals surface area contributed by atoms with Gasteiger partial charge in [-0.25, -0.2) is 9.97 Å². The molecule has 6 nitrogen and oxygen atoms in total. The highest BCUT2D eigenvalue weighted by atomic mass is 15.0. The molecule has 174 valence electrons. The molecule has 3 N–H and O–H groups in total. The van der Waals surface area contributed by atoms with Gasteiger partial charge in [0, 0.05) is 63.0 Å². The lowest BCUT2D eigenvalue weighted by Crippen LogP contribution is -2.10. The van der Waals surface area contributed by atoms with E-state index in [4.69, 9.17) is 15.7 Å². The van der Waals surface area contributed by atoms with E-state index in [0.29, 0.717) is 12.4 Å². The molecule has 0 bridgehead atoms. The zero-order valence-electron chi connectivity index (χ0n) is 20.3. The molecule has 33 heavy (non-hydrogen) atoms.